The molecule has 1 fully saturated rings. The highest BCUT2D eigenvalue weighted by atomic mass is 32.2. The Balaban J connectivity index is 2.99. The minimum absolute atomic E-state index is 0.266. The Bertz CT molecular complexity index is 495. The number of rotatable bonds is 8. The Kier molecular flexibility index (Phi) is 8.64. The van der Waals surface area contributed by atoms with Gasteiger partial charge in [0.2, 0.25) is 0 Å². The van der Waals surface area contributed by atoms with Crippen molar-refractivity contribution in [3.8, 4) is 0 Å². The summed E-state index contributed by atoms with van der Waals surface area (Å²) in [5, 5.41) is 19.8. The summed E-state index contributed by atoms with van der Waals surface area (Å²) in [6, 6.07) is 0. The average molecular weight is 351 g/mol. The van der Waals surface area contributed by atoms with Crippen molar-refractivity contribution in [1.82, 2.24) is 0 Å². The number of ether oxygens (including phenoxy) is 5. The van der Waals surface area contributed by atoms with Crippen molar-refractivity contribution in [2.75, 3.05) is 33.7 Å². The average Bonchev–Trinajstić information content (AvgIpc) is 2.58. The standard InChI is InChI=1S/C14H23O8S/c1-18-11-10(7-23(4)8-16)22-14(21-6-9(17)5-15)13(20-3)12(11)19-2/h5,10-15,17H,4,6-7H2,1-3H3/q-1. The molecule has 5 atom stereocenters. The lowest BCUT2D eigenvalue weighted by molar-refractivity contribution is -0.303. The summed E-state index contributed by atoms with van der Waals surface area (Å²) in [7, 11) is 3.61. The molecule has 0 aromatic heterocycles. The third-order valence-corrected chi connectivity index (χ3v) is 4.40. The molecule has 23 heavy (non-hydrogen) atoms. The molecular formula is C14H23O8S-. The number of hydrogen-bond donors (Lipinski definition) is 2. The minimum atomic E-state index is -0.882. The zero-order valence-electron chi connectivity index (χ0n) is 13.3. The summed E-state index contributed by atoms with van der Waals surface area (Å²) in [4.78, 5) is 10.8. The lowest BCUT2D eigenvalue weighted by Gasteiger charge is -2.45. The Morgan fingerprint density at radius 3 is 2.35 bits per heavy atom. The molecule has 2 N–H and O–H groups in total. The molecule has 1 aliphatic heterocycles. The smallest absolute Gasteiger partial charge is 0.187 e. The normalized spacial score (nSPS) is 32.0. The molecule has 0 aromatic rings. The van der Waals surface area contributed by atoms with Crippen molar-refractivity contribution in [3.05, 3.63) is 12.0 Å². The van der Waals surface area contributed by atoms with Gasteiger partial charge in [-0.1, -0.05) is 5.75 Å². The van der Waals surface area contributed by atoms with Crippen LogP contribution in [0.2, 0.25) is 0 Å². The number of methoxy groups -OCH3 is 3. The molecule has 1 aliphatic rings. The number of aliphatic hydroxyl groups is 2. The lowest BCUT2D eigenvalue weighted by Crippen LogP contribution is -2.61. The topological polar surface area (TPSA) is 104 Å². The van der Waals surface area contributed by atoms with Gasteiger partial charge in [-0.25, -0.2) is 5.87 Å². The molecule has 9 heteroatoms. The van der Waals surface area contributed by atoms with Crippen molar-refractivity contribution in [2.24, 2.45) is 0 Å². The first-order valence-electron chi connectivity index (χ1n) is 6.78. The zero-order valence-corrected chi connectivity index (χ0v) is 14.2. The van der Waals surface area contributed by atoms with Crippen molar-refractivity contribution in [2.45, 2.75) is 30.7 Å². The zero-order chi connectivity index (χ0) is 17.4. The van der Waals surface area contributed by atoms with Crippen LogP contribution < -0.4 is 0 Å². The fourth-order valence-corrected chi connectivity index (χ4v) is 3.12. The monoisotopic (exact) mass is 351 g/mol. The summed E-state index contributed by atoms with van der Waals surface area (Å²) in [5.41, 5.74) is 0. The fraction of sp³-hybridized carbons (Fsp3) is 0.714. The van der Waals surface area contributed by atoms with Crippen LogP contribution in [-0.4, -0.2) is 85.7 Å². The van der Waals surface area contributed by atoms with E-state index < -0.39 is 40.8 Å². The van der Waals surface area contributed by atoms with Crippen LogP contribution in [0.5, 0.6) is 0 Å². The second-order valence-electron chi connectivity index (χ2n) is 4.82. The van der Waals surface area contributed by atoms with E-state index in [1.165, 1.54) is 21.3 Å². The van der Waals surface area contributed by atoms with Crippen molar-refractivity contribution in [3.63, 3.8) is 0 Å². The van der Waals surface area contributed by atoms with Crippen molar-refractivity contribution < 1.29 is 38.7 Å². The molecule has 1 rings (SSSR count). The van der Waals surface area contributed by atoms with Gasteiger partial charge in [0.05, 0.1) is 6.10 Å². The molecule has 0 aromatic carbocycles. The van der Waals surface area contributed by atoms with E-state index in [9.17, 15) is 9.90 Å². The Labute approximate surface area is 137 Å². The summed E-state index contributed by atoms with van der Waals surface area (Å²) in [6.45, 7) is -0.266. The minimum Gasteiger partial charge on any atom is -0.512 e. The maximum Gasteiger partial charge on any atom is 0.187 e. The molecule has 0 radical (unpaired) electrons. The number of hydrogen-bond acceptors (Lipinski definition) is 9. The van der Waals surface area contributed by atoms with Crippen LogP contribution in [0.15, 0.2) is 12.0 Å². The van der Waals surface area contributed by atoms with Crippen LogP contribution in [0.25, 0.3) is 0 Å². The molecule has 8 nitrogen and oxygen atoms in total. The number of carbonyl (C=O) groups excluding carboxylic acids is 1. The van der Waals surface area contributed by atoms with E-state index in [4.69, 9.17) is 28.8 Å². The lowest BCUT2D eigenvalue weighted by atomic mass is 9.99. The quantitative estimate of drug-likeness (QED) is 0.353. The van der Waals surface area contributed by atoms with Crippen LogP contribution in [0.1, 0.15) is 0 Å². The Morgan fingerprint density at radius 2 is 1.87 bits per heavy atom. The number of aliphatic hydroxyl groups excluding tert-OH is 2. The maximum absolute atomic E-state index is 10.8. The van der Waals surface area contributed by atoms with Gasteiger partial charge in [-0.2, -0.15) is 0 Å². The van der Waals surface area contributed by atoms with Crippen LogP contribution in [0.3, 0.4) is 0 Å². The van der Waals surface area contributed by atoms with E-state index in [1.54, 1.807) is 0 Å². The van der Waals surface area contributed by atoms with E-state index in [1.807, 2.05) is 5.23 Å². The van der Waals surface area contributed by atoms with Gasteiger partial charge >= 0.3 is 0 Å². The Morgan fingerprint density at radius 1 is 1.26 bits per heavy atom. The highest BCUT2D eigenvalue weighted by Gasteiger charge is 2.46. The van der Waals surface area contributed by atoms with E-state index >= 15 is 0 Å². The second-order valence-corrected chi connectivity index (χ2v) is 6.30. The SMILES string of the molecule is C=[S-](=C=O)CC1OC(OCC(O)=CO)C(OC)C(OC)C1OC. The van der Waals surface area contributed by atoms with Gasteiger partial charge in [0.25, 0.3) is 0 Å². The molecular weight excluding hydrogens is 328 g/mol. The first-order valence-corrected chi connectivity index (χ1v) is 8.34. The van der Waals surface area contributed by atoms with Gasteiger partial charge in [-0.3, -0.25) is 4.79 Å². The molecule has 0 aliphatic carbocycles. The summed E-state index contributed by atoms with van der Waals surface area (Å²) < 4.78 is 27.5. The van der Waals surface area contributed by atoms with Gasteiger partial charge in [0, 0.05) is 21.3 Å². The summed E-state index contributed by atoms with van der Waals surface area (Å²) in [6.07, 6.45) is -2.51. The van der Waals surface area contributed by atoms with E-state index in [2.05, 4.69) is 5.87 Å². The van der Waals surface area contributed by atoms with Crippen LogP contribution in [0, 0.1) is 0 Å². The van der Waals surface area contributed by atoms with Gasteiger partial charge in [-0.15, -0.1) is 0 Å². The largest absolute Gasteiger partial charge is 0.512 e. The fourth-order valence-electron chi connectivity index (χ4n) is 2.39. The first-order chi connectivity index (χ1) is 11.0. The van der Waals surface area contributed by atoms with E-state index in [-0.39, 0.29) is 12.4 Å². The molecule has 5 unspecified atom stereocenters. The van der Waals surface area contributed by atoms with Crippen molar-refractivity contribution in [1.29, 1.82) is 0 Å². The molecule has 0 spiro atoms. The highest BCUT2D eigenvalue weighted by molar-refractivity contribution is 7.92. The molecule has 1 heterocycles. The van der Waals surface area contributed by atoms with Gasteiger partial charge in [0.1, 0.15) is 31.2 Å². The van der Waals surface area contributed by atoms with Crippen molar-refractivity contribution >= 4 is 21.2 Å². The summed E-state index contributed by atoms with van der Waals surface area (Å²) in [5.74, 6) is 3.63. The van der Waals surface area contributed by atoms with Gasteiger partial charge < -0.3 is 44.0 Å². The predicted molar refractivity (Wildman–Crippen MR) is 85.4 cm³/mol. The Hall–Kier alpha value is -1.06. The third kappa shape index (κ3) is 5.22. The molecule has 134 valence electrons. The van der Waals surface area contributed by atoms with E-state index in [0.717, 1.165) is 0 Å². The van der Waals surface area contributed by atoms with Crippen LogP contribution in [0.4, 0.5) is 0 Å². The van der Waals surface area contributed by atoms with Gasteiger partial charge in [-0.05, 0) is 5.23 Å². The second kappa shape index (κ2) is 9.94. The molecule has 0 bridgehead atoms. The maximum atomic E-state index is 10.8. The third-order valence-electron chi connectivity index (χ3n) is 3.44. The van der Waals surface area contributed by atoms with Gasteiger partial charge in [0.15, 0.2) is 12.0 Å². The van der Waals surface area contributed by atoms with Crippen LogP contribution >= 0.6 is 0 Å². The summed E-state index contributed by atoms with van der Waals surface area (Å²) >= 11 is 0. The van der Waals surface area contributed by atoms with E-state index in [0.29, 0.717) is 12.0 Å². The molecule has 0 saturated carbocycles. The molecule has 1 saturated heterocycles. The molecule has 0 amide bonds. The van der Waals surface area contributed by atoms with Crippen LogP contribution in [-0.2, 0) is 38.6 Å². The first kappa shape index (κ1) is 20.0. The highest BCUT2D eigenvalue weighted by Crippen LogP contribution is 2.28. The predicted octanol–water partition coefficient (Wildman–Crippen LogP) is -0.152.